The van der Waals surface area contributed by atoms with Gasteiger partial charge >= 0.3 is 0 Å². The second kappa shape index (κ2) is 3.95. The summed E-state index contributed by atoms with van der Waals surface area (Å²) in [5, 5.41) is 3.75. The minimum Gasteiger partial charge on any atom is -0.399 e. The quantitative estimate of drug-likeness (QED) is 0.586. The van der Waals surface area contributed by atoms with E-state index in [9.17, 15) is 0 Å². The number of nitrogens with one attached hydrogen (secondary N) is 1. The lowest BCUT2D eigenvalue weighted by atomic mass is 10.1. The Morgan fingerprint density at radius 1 is 1.19 bits per heavy atom. The summed E-state index contributed by atoms with van der Waals surface area (Å²) < 4.78 is 0. The van der Waals surface area contributed by atoms with Crippen LogP contribution in [0.2, 0.25) is 0 Å². The number of fused-ring (bicyclic) bond motifs is 1. The molecule has 0 saturated carbocycles. The predicted molar refractivity (Wildman–Crippen MR) is 67.2 cm³/mol. The first-order chi connectivity index (χ1) is 7.83. The summed E-state index contributed by atoms with van der Waals surface area (Å²) in [6.45, 7) is 0. The molecular weight excluding hydrogens is 196 g/mol. The third kappa shape index (κ3) is 1.74. The van der Waals surface area contributed by atoms with Crippen molar-refractivity contribution in [3.63, 3.8) is 0 Å². The van der Waals surface area contributed by atoms with Crippen LogP contribution in [0.25, 0.3) is 0 Å². The highest BCUT2D eigenvalue weighted by molar-refractivity contribution is 5.47. The lowest BCUT2D eigenvalue weighted by Gasteiger charge is -2.19. The van der Waals surface area contributed by atoms with Crippen LogP contribution in [0.5, 0.6) is 0 Å². The summed E-state index contributed by atoms with van der Waals surface area (Å²) in [5.41, 5.74) is 9.59. The molecule has 0 spiro atoms. The third-order valence-corrected chi connectivity index (χ3v) is 3.69. The molecule has 0 amide bonds. The maximum Gasteiger partial charge on any atom is 0.0328 e. The molecule has 0 saturated heterocycles. The summed E-state index contributed by atoms with van der Waals surface area (Å²) in [6.07, 6.45) is 9.29. The minimum atomic E-state index is 0.542. The molecule has 2 heteroatoms. The second-order valence-electron chi connectivity index (χ2n) is 4.86. The molecule has 1 aromatic rings. The highest BCUT2D eigenvalue weighted by Gasteiger charge is 2.24. The van der Waals surface area contributed by atoms with Crippen LogP contribution in [0, 0.1) is 0 Å². The van der Waals surface area contributed by atoms with Crippen molar-refractivity contribution in [1.82, 2.24) is 5.32 Å². The van der Waals surface area contributed by atoms with Crippen molar-refractivity contribution in [2.45, 2.75) is 37.8 Å². The average molecular weight is 214 g/mol. The SMILES string of the molecule is Nc1ccc2c(c1)CCC2NC1CC=CC1. The Bertz CT molecular complexity index is 415. The summed E-state index contributed by atoms with van der Waals surface area (Å²) in [6, 6.07) is 7.53. The van der Waals surface area contributed by atoms with Crippen molar-refractivity contribution in [2.75, 3.05) is 5.73 Å². The van der Waals surface area contributed by atoms with Crippen molar-refractivity contribution in [3.8, 4) is 0 Å². The van der Waals surface area contributed by atoms with E-state index in [2.05, 4.69) is 29.6 Å². The van der Waals surface area contributed by atoms with E-state index in [0.29, 0.717) is 12.1 Å². The fourth-order valence-electron chi connectivity index (χ4n) is 2.85. The van der Waals surface area contributed by atoms with Crippen LogP contribution in [0.4, 0.5) is 5.69 Å². The first-order valence-corrected chi connectivity index (χ1v) is 6.12. The van der Waals surface area contributed by atoms with Gasteiger partial charge in [-0.2, -0.15) is 0 Å². The Hall–Kier alpha value is -1.28. The Kier molecular flexibility index (Phi) is 2.44. The van der Waals surface area contributed by atoms with Gasteiger partial charge in [-0.05, 0) is 48.9 Å². The molecule has 0 aliphatic heterocycles. The molecule has 2 nitrogen and oxygen atoms in total. The van der Waals surface area contributed by atoms with Gasteiger partial charge in [0.1, 0.15) is 0 Å². The predicted octanol–water partition coefficient (Wildman–Crippen LogP) is 2.56. The van der Waals surface area contributed by atoms with Gasteiger partial charge in [0.25, 0.3) is 0 Å². The molecule has 0 aromatic heterocycles. The smallest absolute Gasteiger partial charge is 0.0328 e. The minimum absolute atomic E-state index is 0.542. The highest BCUT2D eigenvalue weighted by Crippen LogP contribution is 2.33. The standard InChI is InChI=1S/C14H18N2/c15-11-6-7-13-10(9-11)5-8-14(13)16-12-3-1-2-4-12/h1-2,6-7,9,12,14,16H,3-5,8,15H2. The Labute approximate surface area is 96.5 Å². The number of hydrogen-bond donors (Lipinski definition) is 2. The van der Waals surface area contributed by atoms with E-state index in [0.717, 1.165) is 12.1 Å². The first-order valence-electron chi connectivity index (χ1n) is 6.12. The van der Waals surface area contributed by atoms with Crippen LogP contribution >= 0.6 is 0 Å². The van der Waals surface area contributed by atoms with Crippen molar-refractivity contribution in [1.29, 1.82) is 0 Å². The molecule has 84 valence electrons. The summed E-state index contributed by atoms with van der Waals surface area (Å²) in [4.78, 5) is 0. The number of nitrogens with two attached hydrogens (primary N) is 1. The van der Waals surface area contributed by atoms with Gasteiger partial charge in [0.15, 0.2) is 0 Å². The Balaban J connectivity index is 1.75. The van der Waals surface area contributed by atoms with E-state index in [1.165, 1.54) is 30.4 Å². The number of nitrogen functional groups attached to an aromatic ring is 1. The van der Waals surface area contributed by atoms with E-state index in [-0.39, 0.29) is 0 Å². The van der Waals surface area contributed by atoms with Crippen LogP contribution in [-0.4, -0.2) is 6.04 Å². The monoisotopic (exact) mass is 214 g/mol. The van der Waals surface area contributed by atoms with Crippen LogP contribution in [0.3, 0.4) is 0 Å². The van der Waals surface area contributed by atoms with Crippen molar-refractivity contribution in [2.24, 2.45) is 0 Å². The lowest BCUT2D eigenvalue weighted by molar-refractivity contribution is 0.446. The van der Waals surface area contributed by atoms with Gasteiger partial charge in [-0.3, -0.25) is 0 Å². The van der Waals surface area contributed by atoms with Gasteiger partial charge in [0.2, 0.25) is 0 Å². The van der Waals surface area contributed by atoms with Crippen molar-refractivity contribution >= 4 is 5.69 Å². The molecule has 0 fully saturated rings. The molecule has 1 unspecified atom stereocenters. The van der Waals surface area contributed by atoms with E-state index in [1.807, 2.05) is 6.07 Å². The van der Waals surface area contributed by atoms with Gasteiger partial charge in [-0.1, -0.05) is 18.2 Å². The number of hydrogen-bond acceptors (Lipinski definition) is 2. The second-order valence-corrected chi connectivity index (χ2v) is 4.86. The zero-order valence-corrected chi connectivity index (χ0v) is 9.45. The molecule has 1 aromatic carbocycles. The Morgan fingerprint density at radius 2 is 2.00 bits per heavy atom. The zero-order chi connectivity index (χ0) is 11.0. The van der Waals surface area contributed by atoms with Crippen molar-refractivity contribution in [3.05, 3.63) is 41.5 Å². The van der Waals surface area contributed by atoms with Gasteiger partial charge in [-0.25, -0.2) is 0 Å². The molecule has 3 N–H and O–H groups in total. The number of aryl methyl sites for hydroxylation is 1. The fraction of sp³-hybridized carbons (Fsp3) is 0.429. The number of benzene rings is 1. The topological polar surface area (TPSA) is 38.0 Å². The van der Waals surface area contributed by atoms with Crippen molar-refractivity contribution < 1.29 is 0 Å². The molecule has 0 radical (unpaired) electrons. The highest BCUT2D eigenvalue weighted by atomic mass is 15.0. The normalized spacial score (nSPS) is 23.9. The van der Waals surface area contributed by atoms with Crippen LogP contribution in [-0.2, 0) is 6.42 Å². The third-order valence-electron chi connectivity index (χ3n) is 3.69. The zero-order valence-electron chi connectivity index (χ0n) is 9.45. The van der Waals surface area contributed by atoms with Crippen LogP contribution in [0.15, 0.2) is 30.4 Å². The number of anilines is 1. The summed E-state index contributed by atoms with van der Waals surface area (Å²) in [5.74, 6) is 0. The van der Waals surface area contributed by atoms with E-state index < -0.39 is 0 Å². The maximum atomic E-state index is 5.81. The largest absolute Gasteiger partial charge is 0.399 e. The van der Waals surface area contributed by atoms with Crippen LogP contribution < -0.4 is 11.1 Å². The van der Waals surface area contributed by atoms with Gasteiger partial charge in [0, 0.05) is 17.8 Å². The lowest BCUT2D eigenvalue weighted by Crippen LogP contribution is -2.29. The van der Waals surface area contributed by atoms with Gasteiger partial charge < -0.3 is 11.1 Å². The molecule has 2 aliphatic carbocycles. The Morgan fingerprint density at radius 3 is 2.81 bits per heavy atom. The average Bonchev–Trinajstić information content (AvgIpc) is 2.89. The van der Waals surface area contributed by atoms with Gasteiger partial charge in [0.05, 0.1) is 0 Å². The van der Waals surface area contributed by atoms with E-state index in [4.69, 9.17) is 5.73 Å². The maximum absolute atomic E-state index is 5.81. The molecule has 0 heterocycles. The summed E-state index contributed by atoms with van der Waals surface area (Å²) >= 11 is 0. The molecule has 3 rings (SSSR count). The summed E-state index contributed by atoms with van der Waals surface area (Å²) in [7, 11) is 0. The molecule has 2 aliphatic rings. The molecular formula is C14H18N2. The first kappa shape index (κ1) is 9.91. The fourth-order valence-corrected chi connectivity index (χ4v) is 2.85. The van der Waals surface area contributed by atoms with E-state index >= 15 is 0 Å². The van der Waals surface area contributed by atoms with Crippen LogP contribution in [0.1, 0.15) is 36.4 Å². The van der Waals surface area contributed by atoms with E-state index in [1.54, 1.807) is 0 Å². The van der Waals surface area contributed by atoms with Gasteiger partial charge in [-0.15, -0.1) is 0 Å². The molecule has 16 heavy (non-hydrogen) atoms. The molecule has 0 bridgehead atoms. The number of rotatable bonds is 2. The molecule has 1 atom stereocenters.